The van der Waals surface area contributed by atoms with Crippen LogP contribution in [0.15, 0.2) is 0 Å². The standard InChI is InChI=1S/C11H13N3O4/c1-4(2)14-8-7(5(3)13-14)12-10(16)6(9(8)15)11(17)18/h4H,1-3H3,(H,17,18)(H2,12,15,16). The zero-order chi connectivity index (χ0) is 13.6. The molecule has 2 aromatic heterocycles. The van der Waals surface area contributed by atoms with Crippen LogP contribution in [0.1, 0.15) is 35.9 Å². The Kier molecular flexibility index (Phi) is 2.61. The molecular weight excluding hydrogens is 238 g/mol. The molecule has 0 aliphatic heterocycles. The highest BCUT2D eigenvalue weighted by atomic mass is 16.4. The fraction of sp³-hybridized carbons (Fsp3) is 0.364. The van der Waals surface area contributed by atoms with Gasteiger partial charge in [0.2, 0.25) is 5.88 Å². The monoisotopic (exact) mass is 251 g/mol. The fourth-order valence-electron chi connectivity index (χ4n) is 1.85. The summed E-state index contributed by atoms with van der Waals surface area (Å²) in [6.45, 7) is 5.37. The number of rotatable bonds is 2. The van der Waals surface area contributed by atoms with Crippen LogP contribution < -0.4 is 0 Å². The van der Waals surface area contributed by atoms with Gasteiger partial charge in [-0.05, 0) is 20.8 Å². The second kappa shape index (κ2) is 3.86. The summed E-state index contributed by atoms with van der Waals surface area (Å²) in [5, 5.41) is 32.7. The Hall–Kier alpha value is -2.31. The van der Waals surface area contributed by atoms with Gasteiger partial charge in [-0.2, -0.15) is 5.10 Å². The van der Waals surface area contributed by atoms with Crippen molar-refractivity contribution in [1.82, 2.24) is 14.8 Å². The SMILES string of the molecule is Cc1nn(C(C)C)c2c(O)c(C(=O)O)c(O)nc12. The molecule has 2 heterocycles. The molecule has 0 saturated heterocycles. The van der Waals surface area contributed by atoms with Crippen LogP contribution in [0, 0.1) is 6.92 Å². The van der Waals surface area contributed by atoms with E-state index in [1.54, 1.807) is 6.92 Å². The Balaban J connectivity index is 2.95. The summed E-state index contributed by atoms with van der Waals surface area (Å²) in [5.74, 6) is -2.66. The van der Waals surface area contributed by atoms with E-state index in [9.17, 15) is 15.0 Å². The zero-order valence-corrected chi connectivity index (χ0v) is 10.2. The highest BCUT2D eigenvalue weighted by Crippen LogP contribution is 2.35. The summed E-state index contributed by atoms with van der Waals surface area (Å²) >= 11 is 0. The summed E-state index contributed by atoms with van der Waals surface area (Å²) in [7, 11) is 0. The van der Waals surface area contributed by atoms with E-state index in [-0.39, 0.29) is 11.6 Å². The summed E-state index contributed by atoms with van der Waals surface area (Å²) in [5.41, 5.74) is 0.423. The third-order valence-corrected chi connectivity index (χ3v) is 2.66. The number of aromatic hydroxyl groups is 2. The normalized spacial score (nSPS) is 11.3. The molecule has 0 aromatic carbocycles. The van der Waals surface area contributed by atoms with Gasteiger partial charge in [-0.1, -0.05) is 0 Å². The van der Waals surface area contributed by atoms with Gasteiger partial charge >= 0.3 is 5.97 Å². The zero-order valence-electron chi connectivity index (χ0n) is 10.2. The molecule has 0 amide bonds. The molecule has 0 saturated carbocycles. The number of carbonyl (C=O) groups is 1. The van der Waals surface area contributed by atoms with E-state index in [4.69, 9.17) is 5.11 Å². The van der Waals surface area contributed by atoms with Crippen LogP contribution in [0.25, 0.3) is 11.0 Å². The summed E-state index contributed by atoms with van der Waals surface area (Å²) in [4.78, 5) is 14.8. The Morgan fingerprint density at radius 3 is 2.44 bits per heavy atom. The van der Waals surface area contributed by atoms with Crippen molar-refractivity contribution in [3.63, 3.8) is 0 Å². The average molecular weight is 251 g/mol. The van der Waals surface area contributed by atoms with Crippen molar-refractivity contribution >= 4 is 17.0 Å². The molecule has 0 fully saturated rings. The molecule has 2 rings (SSSR count). The van der Waals surface area contributed by atoms with Gasteiger partial charge in [0.1, 0.15) is 11.0 Å². The maximum absolute atomic E-state index is 11.0. The summed E-state index contributed by atoms with van der Waals surface area (Å²) in [6, 6.07) is -0.0694. The largest absolute Gasteiger partial charge is 0.505 e. The number of hydrogen-bond donors (Lipinski definition) is 3. The van der Waals surface area contributed by atoms with E-state index in [0.29, 0.717) is 11.2 Å². The maximum atomic E-state index is 11.0. The second-order valence-electron chi connectivity index (χ2n) is 4.29. The van der Waals surface area contributed by atoms with Crippen LogP contribution in [0.4, 0.5) is 0 Å². The third-order valence-electron chi connectivity index (χ3n) is 2.66. The molecule has 3 N–H and O–H groups in total. The van der Waals surface area contributed by atoms with Gasteiger partial charge in [0, 0.05) is 6.04 Å². The number of aromatic nitrogens is 3. The first kappa shape index (κ1) is 12.2. The Morgan fingerprint density at radius 2 is 1.94 bits per heavy atom. The maximum Gasteiger partial charge on any atom is 0.345 e. The summed E-state index contributed by atoms with van der Waals surface area (Å²) < 4.78 is 1.48. The first-order chi connectivity index (χ1) is 8.34. The molecule has 0 unspecified atom stereocenters. The van der Waals surface area contributed by atoms with Crippen molar-refractivity contribution in [2.75, 3.05) is 0 Å². The molecule has 7 nitrogen and oxygen atoms in total. The van der Waals surface area contributed by atoms with Gasteiger partial charge in [0.05, 0.1) is 5.69 Å². The molecule has 7 heteroatoms. The van der Waals surface area contributed by atoms with Gasteiger partial charge in [0.15, 0.2) is 11.3 Å². The van der Waals surface area contributed by atoms with Crippen LogP contribution in [0.3, 0.4) is 0 Å². The fourth-order valence-corrected chi connectivity index (χ4v) is 1.85. The molecule has 2 aromatic rings. The van der Waals surface area contributed by atoms with E-state index in [1.165, 1.54) is 4.68 Å². The van der Waals surface area contributed by atoms with Crippen LogP contribution in [-0.2, 0) is 0 Å². The first-order valence-electron chi connectivity index (χ1n) is 5.38. The molecule has 0 bridgehead atoms. The van der Waals surface area contributed by atoms with Crippen molar-refractivity contribution in [2.45, 2.75) is 26.8 Å². The lowest BCUT2D eigenvalue weighted by Gasteiger charge is -2.09. The smallest absolute Gasteiger partial charge is 0.345 e. The number of pyridine rings is 1. The number of aromatic carboxylic acids is 1. The molecule has 0 aliphatic carbocycles. The van der Waals surface area contributed by atoms with Crippen LogP contribution in [0.2, 0.25) is 0 Å². The third kappa shape index (κ3) is 1.55. The van der Waals surface area contributed by atoms with Crippen molar-refractivity contribution in [3.8, 4) is 11.6 Å². The van der Waals surface area contributed by atoms with E-state index < -0.39 is 23.2 Å². The molecule has 0 aliphatic rings. The first-order valence-corrected chi connectivity index (χ1v) is 5.38. The number of carboxylic acid groups (broad SMARTS) is 1. The second-order valence-corrected chi connectivity index (χ2v) is 4.29. The van der Waals surface area contributed by atoms with Crippen molar-refractivity contribution in [3.05, 3.63) is 11.3 Å². The Morgan fingerprint density at radius 1 is 1.33 bits per heavy atom. The minimum Gasteiger partial charge on any atom is -0.505 e. The number of fused-ring (bicyclic) bond motifs is 1. The Labute approximate surface area is 102 Å². The van der Waals surface area contributed by atoms with Crippen molar-refractivity contribution in [2.24, 2.45) is 0 Å². The topological polar surface area (TPSA) is 108 Å². The van der Waals surface area contributed by atoms with Gasteiger partial charge < -0.3 is 15.3 Å². The number of carboxylic acids is 1. The average Bonchev–Trinajstić information content (AvgIpc) is 2.56. The van der Waals surface area contributed by atoms with Crippen LogP contribution in [0.5, 0.6) is 11.6 Å². The number of hydrogen-bond acceptors (Lipinski definition) is 5. The molecule has 18 heavy (non-hydrogen) atoms. The lowest BCUT2D eigenvalue weighted by molar-refractivity contribution is 0.0690. The van der Waals surface area contributed by atoms with Crippen molar-refractivity contribution in [1.29, 1.82) is 0 Å². The van der Waals surface area contributed by atoms with Crippen molar-refractivity contribution < 1.29 is 20.1 Å². The number of aryl methyl sites for hydroxylation is 1. The minimum absolute atomic E-state index is 0.0694. The van der Waals surface area contributed by atoms with E-state index in [0.717, 1.165) is 0 Å². The predicted molar refractivity (Wildman–Crippen MR) is 62.9 cm³/mol. The Bertz CT molecular complexity index is 646. The van der Waals surface area contributed by atoms with Gasteiger partial charge in [-0.15, -0.1) is 0 Å². The quantitative estimate of drug-likeness (QED) is 0.745. The van der Waals surface area contributed by atoms with Gasteiger partial charge in [-0.25, -0.2) is 9.78 Å². The molecule has 0 spiro atoms. The highest BCUT2D eigenvalue weighted by Gasteiger charge is 2.25. The van der Waals surface area contributed by atoms with E-state index in [2.05, 4.69) is 10.1 Å². The van der Waals surface area contributed by atoms with Gasteiger partial charge in [0.25, 0.3) is 0 Å². The predicted octanol–water partition coefficient (Wildman–Crippen LogP) is 1.43. The molecule has 0 radical (unpaired) electrons. The molecular formula is C11H13N3O4. The number of nitrogens with zero attached hydrogens (tertiary/aromatic N) is 3. The summed E-state index contributed by atoms with van der Waals surface area (Å²) in [6.07, 6.45) is 0. The lowest BCUT2D eigenvalue weighted by Crippen LogP contribution is -2.05. The lowest BCUT2D eigenvalue weighted by atomic mass is 10.2. The van der Waals surface area contributed by atoms with Gasteiger partial charge in [-0.3, -0.25) is 4.68 Å². The van der Waals surface area contributed by atoms with E-state index >= 15 is 0 Å². The van der Waals surface area contributed by atoms with Crippen LogP contribution in [-0.4, -0.2) is 36.1 Å². The van der Waals surface area contributed by atoms with Crippen LogP contribution >= 0.6 is 0 Å². The molecule has 0 atom stereocenters. The molecule has 96 valence electrons. The minimum atomic E-state index is -1.44. The van der Waals surface area contributed by atoms with E-state index in [1.807, 2.05) is 13.8 Å². The highest BCUT2D eigenvalue weighted by molar-refractivity contribution is 6.00.